The van der Waals surface area contributed by atoms with Crippen molar-refractivity contribution < 1.29 is 4.42 Å². The summed E-state index contributed by atoms with van der Waals surface area (Å²) in [5, 5.41) is 3.67. The highest BCUT2D eigenvalue weighted by Gasteiger charge is 2.19. The fraction of sp³-hybridized carbons (Fsp3) is 0.0345. The van der Waals surface area contributed by atoms with E-state index in [-0.39, 0.29) is 0 Å². The summed E-state index contributed by atoms with van der Waals surface area (Å²) in [5.74, 6) is 1.09. The van der Waals surface area contributed by atoms with E-state index in [0.29, 0.717) is 0 Å². The Hall–Kier alpha value is -7.68. The first-order valence-corrected chi connectivity index (χ1v) is 20.8. The van der Waals surface area contributed by atoms with E-state index < -0.39 is 0 Å². The molecule has 0 aliphatic heterocycles. The van der Waals surface area contributed by atoms with Crippen LogP contribution in [0, 0.1) is 0 Å². The number of rotatable bonds is 8. The number of anilines is 3. The van der Waals surface area contributed by atoms with Crippen LogP contribution in [-0.2, 0) is 6.42 Å². The fourth-order valence-electron chi connectivity index (χ4n) is 8.95. The van der Waals surface area contributed by atoms with E-state index in [0.717, 1.165) is 52.4 Å². The number of fused-ring (bicyclic) bond motifs is 4. The number of furan rings is 1. The van der Waals surface area contributed by atoms with Crippen LogP contribution in [0.4, 0.5) is 17.1 Å². The molecular formula is C58H41NO. The summed E-state index contributed by atoms with van der Waals surface area (Å²) < 4.78 is 6.51. The number of nitrogens with zero attached hydrogens (tertiary/aromatic N) is 1. The minimum Gasteiger partial charge on any atom is -0.460 e. The average Bonchev–Trinajstić information content (AvgIpc) is 3.72. The number of allylic oxidation sites excluding steroid dienone is 1. The Morgan fingerprint density at radius 1 is 0.367 bits per heavy atom. The van der Waals surface area contributed by atoms with Crippen LogP contribution in [0.3, 0.4) is 0 Å². The van der Waals surface area contributed by atoms with Crippen LogP contribution in [0.25, 0.3) is 83.5 Å². The van der Waals surface area contributed by atoms with Crippen molar-refractivity contribution in [2.45, 2.75) is 12.8 Å². The molecule has 0 saturated heterocycles. The monoisotopic (exact) mass is 767 g/mol. The highest BCUT2D eigenvalue weighted by atomic mass is 16.3. The van der Waals surface area contributed by atoms with E-state index in [1.807, 2.05) is 0 Å². The second kappa shape index (κ2) is 15.2. The van der Waals surface area contributed by atoms with Crippen LogP contribution in [-0.4, -0.2) is 0 Å². The van der Waals surface area contributed by atoms with Gasteiger partial charge in [0.05, 0.1) is 0 Å². The lowest BCUT2D eigenvalue weighted by molar-refractivity contribution is 0.547. The Bertz CT molecular complexity index is 3150. The maximum Gasteiger partial charge on any atom is 0.142 e. The van der Waals surface area contributed by atoms with Crippen molar-refractivity contribution in [1.29, 1.82) is 0 Å². The van der Waals surface area contributed by atoms with Crippen molar-refractivity contribution in [3.63, 3.8) is 0 Å². The molecule has 0 atom stereocenters. The molecule has 0 radical (unpaired) electrons. The fourth-order valence-corrected chi connectivity index (χ4v) is 8.95. The van der Waals surface area contributed by atoms with E-state index in [4.69, 9.17) is 4.42 Å². The standard InChI is InChI=1S/C58H41NO/c1-3-13-40(14-4-1)41-25-32-47(33-26-41)59(49-36-29-45(30-37-49)52-21-12-23-55-54-20-9-10-24-57(54)60-58(52)55)48-34-27-42(28-35-48)46-31-38-51(43-15-5-2-6-16-43)56(39-46)53-22-11-18-44-17-7-8-19-50(44)53/h1-9,11-23,25-39H,10,24H2. The van der Waals surface area contributed by atoms with Gasteiger partial charge in [-0.05, 0) is 110 Å². The topological polar surface area (TPSA) is 16.4 Å². The first kappa shape index (κ1) is 35.5. The van der Waals surface area contributed by atoms with Gasteiger partial charge in [0.1, 0.15) is 11.3 Å². The van der Waals surface area contributed by atoms with E-state index in [1.54, 1.807) is 0 Å². The van der Waals surface area contributed by atoms with Gasteiger partial charge in [-0.15, -0.1) is 0 Å². The Morgan fingerprint density at radius 2 is 0.883 bits per heavy atom. The summed E-state index contributed by atoms with van der Waals surface area (Å²) in [5.41, 5.74) is 17.3. The van der Waals surface area contributed by atoms with Gasteiger partial charge >= 0.3 is 0 Å². The zero-order valence-corrected chi connectivity index (χ0v) is 33.1. The predicted octanol–water partition coefficient (Wildman–Crippen LogP) is 16.4. The molecule has 0 bridgehead atoms. The van der Waals surface area contributed by atoms with Gasteiger partial charge in [0.2, 0.25) is 0 Å². The van der Waals surface area contributed by atoms with Gasteiger partial charge in [-0.25, -0.2) is 0 Å². The molecule has 0 saturated carbocycles. The summed E-state index contributed by atoms with van der Waals surface area (Å²) in [4.78, 5) is 2.35. The van der Waals surface area contributed by atoms with Crippen molar-refractivity contribution in [2.24, 2.45) is 0 Å². The van der Waals surface area contributed by atoms with Crippen LogP contribution in [0.15, 0.2) is 223 Å². The Kier molecular flexibility index (Phi) is 9.02. The van der Waals surface area contributed by atoms with Crippen molar-refractivity contribution in [3.8, 4) is 55.6 Å². The molecule has 0 amide bonds. The molecule has 0 spiro atoms. The molecule has 60 heavy (non-hydrogen) atoms. The smallest absolute Gasteiger partial charge is 0.142 e. The van der Waals surface area contributed by atoms with Gasteiger partial charge in [-0.1, -0.05) is 182 Å². The normalized spacial score (nSPS) is 12.1. The number of benzene rings is 9. The third-order valence-corrected chi connectivity index (χ3v) is 12.0. The largest absolute Gasteiger partial charge is 0.460 e. The lowest BCUT2D eigenvalue weighted by Gasteiger charge is -2.26. The summed E-state index contributed by atoms with van der Waals surface area (Å²) >= 11 is 0. The second-order valence-corrected chi connectivity index (χ2v) is 15.6. The van der Waals surface area contributed by atoms with Crippen molar-refractivity contribution >= 4 is 44.9 Å². The molecule has 0 fully saturated rings. The maximum absolute atomic E-state index is 6.51. The molecule has 2 heteroatoms. The average molecular weight is 768 g/mol. The quantitative estimate of drug-likeness (QED) is 0.153. The number of hydrogen-bond donors (Lipinski definition) is 0. The summed E-state index contributed by atoms with van der Waals surface area (Å²) in [6.45, 7) is 0. The van der Waals surface area contributed by atoms with Crippen LogP contribution in [0.2, 0.25) is 0 Å². The van der Waals surface area contributed by atoms with Crippen molar-refractivity contribution in [1.82, 2.24) is 0 Å². The molecule has 0 unspecified atom stereocenters. The van der Waals surface area contributed by atoms with E-state index in [9.17, 15) is 0 Å². The predicted molar refractivity (Wildman–Crippen MR) is 253 cm³/mol. The van der Waals surface area contributed by atoms with Crippen molar-refractivity contribution in [3.05, 3.63) is 230 Å². The molecular weight excluding hydrogens is 727 g/mol. The van der Waals surface area contributed by atoms with Gasteiger partial charge < -0.3 is 9.32 Å². The van der Waals surface area contributed by atoms with Crippen LogP contribution >= 0.6 is 0 Å². The van der Waals surface area contributed by atoms with Gasteiger partial charge in [0.15, 0.2) is 0 Å². The zero-order chi connectivity index (χ0) is 39.8. The van der Waals surface area contributed by atoms with Gasteiger partial charge in [-0.3, -0.25) is 0 Å². The maximum atomic E-state index is 6.51. The lowest BCUT2D eigenvalue weighted by Crippen LogP contribution is -2.09. The van der Waals surface area contributed by atoms with E-state index >= 15 is 0 Å². The highest BCUT2D eigenvalue weighted by Crippen LogP contribution is 2.42. The molecule has 1 heterocycles. The molecule has 11 rings (SSSR count). The van der Waals surface area contributed by atoms with Crippen LogP contribution in [0.5, 0.6) is 0 Å². The Labute approximate surface area is 351 Å². The molecule has 9 aromatic carbocycles. The highest BCUT2D eigenvalue weighted by molar-refractivity contribution is 6.02. The Balaban J connectivity index is 0.985. The lowest BCUT2D eigenvalue weighted by atomic mass is 9.89. The molecule has 1 aliphatic rings. The van der Waals surface area contributed by atoms with Crippen molar-refractivity contribution in [2.75, 3.05) is 4.90 Å². The third-order valence-electron chi connectivity index (χ3n) is 12.0. The Morgan fingerprint density at radius 3 is 1.60 bits per heavy atom. The molecule has 1 aliphatic carbocycles. The summed E-state index contributed by atoms with van der Waals surface area (Å²) in [6.07, 6.45) is 6.43. The first-order chi connectivity index (χ1) is 29.7. The van der Waals surface area contributed by atoms with Crippen LogP contribution < -0.4 is 4.90 Å². The number of para-hydroxylation sites is 1. The minimum absolute atomic E-state index is 0.945. The summed E-state index contributed by atoms with van der Waals surface area (Å²) in [7, 11) is 0. The molecule has 1 aromatic heterocycles. The van der Waals surface area contributed by atoms with Gasteiger partial charge in [0.25, 0.3) is 0 Å². The zero-order valence-electron chi connectivity index (χ0n) is 33.1. The van der Waals surface area contributed by atoms with E-state index in [2.05, 4.69) is 229 Å². The number of hydrogen-bond acceptors (Lipinski definition) is 2. The molecule has 284 valence electrons. The summed E-state index contributed by atoms with van der Waals surface area (Å²) in [6, 6.07) is 76.8. The van der Waals surface area contributed by atoms with Gasteiger partial charge in [0, 0.05) is 40.0 Å². The van der Waals surface area contributed by atoms with Crippen LogP contribution in [0.1, 0.15) is 17.7 Å². The molecule has 10 aromatic rings. The van der Waals surface area contributed by atoms with Gasteiger partial charge in [-0.2, -0.15) is 0 Å². The molecule has 0 N–H and O–H groups in total. The number of aryl methyl sites for hydroxylation is 1. The first-order valence-electron chi connectivity index (χ1n) is 20.8. The SMILES string of the molecule is C1=Cc2c(oc3c(-c4ccc(N(c5ccc(-c6ccccc6)cc5)c5ccc(-c6ccc(-c7ccccc7)c(-c7cccc8ccccc78)c6)cc5)cc4)cccc23)CC1. The minimum atomic E-state index is 0.945. The third kappa shape index (κ3) is 6.49. The van der Waals surface area contributed by atoms with E-state index in [1.165, 1.54) is 66.2 Å². The second-order valence-electron chi connectivity index (χ2n) is 15.6. The molecule has 2 nitrogen and oxygen atoms in total.